The van der Waals surface area contributed by atoms with E-state index in [1.54, 1.807) is 18.2 Å². The number of Topliss-reactive ketones (excluding diaryl/α,β-unsaturated/α-hetero) is 1. The summed E-state index contributed by atoms with van der Waals surface area (Å²) in [6, 6.07) is 5.00. The van der Waals surface area contributed by atoms with Gasteiger partial charge in [-0.1, -0.05) is 17.7 Å². The lowest BCUT2D eigenvalue weighted by atomic mass is 10.1. The number of halogens is 1. The maximum atomic E-state index is 11.4. The predicted octanol–water partition coefficient (Wildman–Crippen LogP) is 1.45. The lowest BCUT2D eigenvalue weighted by Gasteiger charge is -2.04. The van der Waals surface area contributed by atoms with Crippen LogP contribution in [0.25, 0.3) is 0 Å². The van der Waals surface area contributed by atoms with E-state index in [1.807, 2.05) is 0 Å². The molecule has 70 valence electrons. The van der Waals surface area contributed by atoms with E-state index in [4.69, 9.17) is 23.1 Å². The topological polar surface area (TPSA) is 69.1 Å². The van der Waals surface area contributed by atoms with Crippen molar-refractivity contribution in [1.29, 1.82) is 0 Å². The molecule has 0 aliphatic rings. The molecule has 0 aliphatic carbocycles. The van der Waals surface area contributed by atoms with Gasteiger partial charge in [0.1, 0.15) is 0 Å². The van der Waals surface area contributed by atoms with E-state index >= 15 is 0 Å². The van der Waals surface area contributed by atoms with E-state index in [0.717, 1.165) is 0 Å². The summed E-state index contributed by atoms with van der Waals surface area (Å²) in [6.07, 6.45) is 0.296. The number of nitrogens with two attached hydrogens (primary N) is 2. The maximum absolute atomic E-state index is 11.4. The summed E-state index contributed by atoms with van der Waals surface area (Å²) in [5.41, 5.74) is 11.7. The van der Waals surface area contributed by atoms with Crippen LogP contribution in [0.5, 0.6) is 0 Å². The van der Waals surface area contributed by atoms with Gasteiger partial charge in [-0.05, 0) is 18.7 Å². The zero-order valence-electron chi connectivity index (χ0n) is 7.09. The van der Waals surface area contributed by atoms with Crippen LogP contribution in [-0.2, 0) is 0 Å². The van der Waals surface area contributed by atoms with Crippen molar-refractivity contribution in [3.63, 3.8) is 0 Å². The van der Waals surface area contributed by atoms with Crippen LogP contribution in [0, 0.1) is 0 Å². The summed E-state index contributed by atoms with van der Waals surface area (Å²) in [4.78, 5) is 11.4. The van der Waals surface area contributed by atoms with Crippen molar-refractivity contribution in [3.05, 3.63) is 28.8 Å². The molecule has 0 heterocycles. The highest BCUT2D eigenvalue weighted by atomic mass is 35.5. The molecule has 0 saturated heterocycles. The molecule has 0 aliphatic heterocycles. The monoisotopic (exact) mass is 198 g/mol. The fourth-order valence-electron chi connectivity index (χ4n) is 1.05. The van der Waals surface area contributed by atoms with Crippen molar-refractivity contribution in [1.82, 2.24) is 0 Å². The van der Waals surface area contributed by atoms with E-state index in [-0.39, 0.29) is 5.78 Å². The molecule has 0 unspecified atom stereocenters. The summed E-state index contributed by atoms with van der Waals surface area (Å²) >= 11 is 5.75. The third-order valence-corrected chi connectivity index (χ3v) is 2.05. The largest absolute Gasteiger partial charge is 0.397 e. The summed E-state index contributed by atoms with van der Waals surface area (Å²) < 4.78 is 0. The Morgan fingerprint density at radius 3 is 2.77 bits per heavy atom. The van der Waals surface area contributed by atoms with Crippen LogP contribution in [0.3, 0.4) is 0 Å². The SMILES string of the molecule is NCCC(=O)c1cccc(Cl)c1N. The van der Waals surface area contributed by atoms with E-state index in [0.29, 0.717) is 29.2 Å². The van der Waals surface area contributed by atoms with Gasteiger partial charge in [0.25, 0.3) is 0 Å². The third-order valence-electron chi connectivity index (χ3n) is 1.72. The van der Waals surface area contributed by atoms with Gasteiger partial charge < -0.3 is 11.5 Å². The number of para-hydroxylation sites is 1. The van der Waals surface area contributed by atoms with Crippen LogP contribution >= 0.6 is 11.6 Å². The van der Waals surface area contributed by atoms with E-state index in [2.05, 4.69) is 0 Å². The second-order valence-corrected chi connectivity index (χ2v) is 3.07. The number of rotatable bonds is 3. The Morgan fingerprint density at radius 2 is 2.15 bits per heavy atom. The molecule has 0 amide bonds. The Balaban J connectivity index is 3.01. The molecule has 1 aromatic carbocycles. The van der Waals surface area contributed by atoms with Crippen LogP contribution in [-0.4, -0.2) is 12.3 Å². The number of carbonyl (C=O) groups is 1. The van der Waals surface area contributed by atoms with Gasteiger partial charge in [-0.25, -0.2) is 0 Å². The molecular weight excluding hydrogens is 188 g/mol. The fourth-order valence-corrected chi connectivity index (χ4v) is 1.22. The van der Waals surface area contributed by atoms with Gasteiger partial charge in [0.05, 0.1) is 10.7 Å². The first-order valence-corrected chi connectivity index (χ1v) is 4.32. The Kier molecular flexibility index (Phi) is 3.28. The van der Waals surface area contributed by atoms with Crippen LogP contribution in [0.2, 0.25) is 5.02 Å². The molecule has 13 heavy (non-hydrogen) atoms. The molecule has 0 spiro atoms. The van der Waals surface area contributed by atoms with Crippen LogP contribution < -0.4 is 11.5 Å². The number of hydrogen-bond acceptors (Lipinski definition) is 3. The normalized spacial score (nSPS) is 10.0. The van der Waals surface area contributed by atoms with Gasteiger partial charge >= 0.3 is 0 Å². The molecule has 3 nitrogen and oxygen atoms in total. The van der Waals surface area contributed by atoms with Gasteiger partial charge in [0.2, 0.25) is 0 Å². The summed E-state index contributed by atoms with van der Waals surface area (Å²) in [6.45, 7) is 0.324. The molecule has 1 aromatic rings. The van der Waals surface area contributed by atoms with Crippen molar-refractivity contribution >= 4 is 23.1 Å². The highest BCUT2D eigenvalue weighted by Crippen LogP contribution is 2.23. The lowest BCUT2D eigenvalue weighted by Crippen LogP contribution is -2.10. The zero-order valence-corrected chi connectivity index (χ0v) is 7.84. The minimum Gasteiger partial charge on any atom is -0.397 e. The molecule has 0 atom stereocenters. The summed E-state index contributed by atoms with van der Waals surface area (Å²) in [5, 5.41) is 0.405. The van der Waals surface area contributed by atoms with Gasteiger partial charge in [-0.3, -0.25) is 4.79 Å². The number of hydrogen-bond donors (Lipinski definition) is 2. The zero-order chi connectivity index (χ0) is 9.84. The number of anilines is 1. The van der Waals surface area contributed by atoms with Crippen LogP contribution in [0.1, 0.15) is 16.8 Å². The molecule has 0 radical (unpaired) electrons. The molecule has 0 aromatic heterocycles. The Hall–Kier alpha value is -1.06. The van der Waals surface area contributed by atoms with Crippen molar-refractivity contribution in [3.8, 4) is 0 Å². The first-order valence-electron chi connectivity index (χ1n) is 3.94. The smallest absolute Gasteiger partial charge is 0.166 e. The first kappa shape index (κ1) is 10.0. The Morgan fingerprint density at radius 1 is 1.46 bits per heavy atom. The maximum Gasteiger partial charge on any atom is 0.166 e. The van der Waals surface area contributed by atoms with Gasteiger partial charge in [0.15, 0.2) is 5.78 Å². The van der Waals surface area contributed by atoms with E-state index in [9.17, 15) is 4.79 Å². The molecule has 0 bridgehead atoms. The van der Waals surface area contributed by atoms with Gasteiger partial charge in [-0.15, -0.1) is 0 Å². The van der Waals surface area contributed by atoms with Gasteiger partial charge in [0, 0.05) is 12.0 Å². The number of ketones is 1. The van der Waals surface area contributed by atoms with Crippen molar-refractivity contribution in [2.75, 3.05) is 12.3 Å². The van der Waals surface area contributed by atoms with E-state index in [1.165, 1.54) is 0 Å². The molecule has 4 N–H and O–H groups in total. The first-order chi connectivity index (χ1) is 6.16. The van der Waals surface area contributed by atoms with Crippen LogP contribution in [0.4, 0.5) is 5.69 Å². The summed E-state index contributed by atoms with van der Waals surface area (Å²) in [5.74, 6) is -0.0671. The van der Waals surface area contributed by atoms with Crippen molar-refractivity contribution in [2.45, 2.75) is 6.42 Å². The van der Waals surface area contributed by atoms with Crippen molar-refractivity contribution < 1.29 is 4.79 Å². The highest BCUT2D eigenvalue weighted by Gasteiger charge is 2.10. The second kappa shape index (κ2) is 4.25. The van der Waals surface area contributed by atoms with Crippen LogP contribution in [0.15, 0.2) is 18.2 Å². The number of carbonyl (C=O) groups excluding carboxylic acids is 1. The van der Waals surface area contributed by atoms with Crippen molar-refractivity contribution in [2.24, 2.45) is 5.73 Å². The average molecular weight is 199 g/mol. The quantitative estimate of drug-likeness (QED) is 0.571. The van der Waals surface area contributed by atoms with E-state index < -0.39 is 0 Å². The fraction of sp³-hybridized carbons (Fsp3) is 0.222. The number of nitrogen functional groups attached to an aromatic ring is 1. The molecule has 0 fully saturated rings. The Labute approximate surface area is 81.7 Å². The third kappa shape index (κ3) is 2.20. The standard InChI is InChI=1S/C9H11ClN2O/c10-7-3-1-2-6(9(7)12)8(13)4-5-11/h1-3H,4-5,11-12H2. The average Bonchev–Trinajstić information content (AvgIpc) is 2.10. The molecular formula is C9H11ClN2O. The highest BCUT2D eigenvalue weighted by molar-refractivity contribution is 6.34. The minimum absolute atomic E-state index is 0.0671. The number of benzene rings is 1. The minimum atomic E-state index is -0.0671. The molecule has 4 heteroatoms. The predicted molar refractivity (Wildman–Crippen MR) is 53.9 cm³/mol. The molecule has 0 saturated carbocycles. The lowest BCUT2D eigenvalue weighted by molar-refractivity contribution is 0.0986. The second-order valence-electron chi connectivity index (χ2n) is 2.66. The molecule has 1 rings (SSSR count). The summed E-state index contributed by atoms with van der Waals surface area (Å²) in [7, 11) is 0. The Bertz CT molecular complexity index is 325. The van der Waals surface area contributed by atoms with Gasteiger partial charge in [-0.2, -0.15) is 0 Å².